The molecule has 0 radical (unpaired) electrons. The maximum absolute atomic E-state index is 10.9. The smallest absolute Gasteiger partial charge is 0.186 e. The Balaban J connectivity index is 1.49. The van der Waals surface area contributed by atoms with E-state index in [1.807, 2.05) is 12.3 Å². The van der Waals surface area contributed by atoms with E-state index < -0.39 is 0 Å². The van der Waals surface area contributed by atoms with Crippen LogP contribution >= 0.6 is 11.3 Å². The number of aldehydes is 1. The highest BCUT2D eigenvalue weighted by atomic mass is 32.1. The number of hydrogen-bond acceptors (Lipinski definition) is 6. The summed E-state index contributed by atoms with van der Waals surface area (Å²) in [6, 6.07) is 17.6. The van der Waals surface area contributed by atoms with Gasteiger partial charge in [-0.2, -0.15) is 0 Å². The zero-order chi connectivity index (χ0) is 24.1. The van der Waals surface area contributed by atoms with E-state index in [1.54, 1.807) is 11.3 Å². The lowest BCUT2D eigenvalue weighted by Gasteiger charge is -2.42. The van der Waals surface area contributed by atoms with Crippen molar-refractivity contribution >= 4 is 28.4 Å². The second-order valence-electron chi connectivity index (χ2n) is 9.85. The second kappa shape index (κ2) is 11.2. The van der Waals surface area contributed by atoms with E-state index in [0.29, 0.717) is 18.4 Å². The minimum atomic E-state index is 0.444. The topological polar surface area (TPSA) is 39.7 Å². The van der Waals surface area contributed by atoms with Gasteiger partial charge in [-0.3, -0.25) is 4.90 Å². The molecule has 1 aliphatic heterocycles. The normalized spacial score (nSPS) is 16.7. The third-order valence-electron chi connectivity index (χ3n) is 6.41. The van der Waals surface area contributed by atoms with Crippen molar-refractivity contribution in [2.75, 3.05) is 43.5 Å². The molecule has 0 unspecified atom stereocenters. The second-order valence-corrected chi connectivity index (χ2v) is 10.9. The van der Waals surface area contributed by atoms with Gasteiger partial charge in [-0.1, -0.05) is 61.6 Å². The Bertz CT molecular complexity index is 1090. The molecule has 0 saturated carbocycles. The monoisotopic (exact) mass is 476 g/mol. The fourth-order valence-corrected chi connectivity index (χ4v) is 5.75. The number of aromatic nitrogens is 1. The third kappa shape index (κ3) is 6.05. The van der Waals surface area contributed by atoms with Gasteiger partial charge in [-0.15, -0.1) is 0 Å². The molecule has 180 valence electrons. The molecular weight excluding hydrogens is 440 g/mol. The molecule has 4 rings (SSSR count). The van der Waals surface area contributed by atoms with Gasteiger partial charge in [-0.25, -0.2) is 4.98 Å². The van der Waals surface area contributed by atoms with E-state index in [-0.39, 0.29) is 0 Å². The van der Waals surface area contributed by atoms with E-state index in [1.165, 1.54) is 21.7 Å². The van der Waals surface area contributed by atoms with E-state index in [0.717, 1.165) is 49.6 Å². The quantitative estimate of drug-likeness (QED) is 0.389. The molecular formula is C28H36N4OS. The Morgan fingerprint density at radius 3 is 2.68 bits per heavy atom. The predicted octanol–water partition coefficient (Wildman–Crippen LogP) is 5.35. The van der Waals surface area contributed by atoms with Crippen LogP contribution in [-0.4, -0.2) is 55.9 Å². The van der Waals surface area contributed by atoms with Gasteiger partial charge in [0.25, 0.3) is 0 Å². The minimum Gasteiger partial charge on any atom is -0.378 e. The largest absolute Gasteiger partial charge is 0.378 e. The molecule has 0 aliphatic carbocycles. The summed E-state index contributed by atoms with van der Waals surface area (Å²) in [5, 5.41) is 1.13. The van der Waals surface area contributed by atoms with Gasteiger partial charge in [0, 0.05) is 64.6 Å². The van der Waals surface area contributed by atoms with Gasteiger partial charge < -0.3 is 14.6 Å². The molecule has 1 fully saturated rings. The van der Waals surface area contributed by atoms with Crippen molar-refractivity contribution in [3.63, 3.8) is 0 Å². The number of thiazole rings is 1. The maximum atomic E-state index is 10.9. The van der Waals surface area contributed by atoms with Crippen LogP contribution in [0.4, 0.5) is 10.8 Å². The van der Waals surface area contributed by atoms with Gasteiger partial charge in [0.15, 0.2) is 5.13 Å². The zero-order valence-electron chi connectivity index (χ0n) is 20.8. The Morgan fingerprint density at radius 2 is 1.91 bits per heavy atom. The molecule has 1 atom stereocenters. The van der Waals surface area contributed by atoms with Crippen molar-refractivity contribution in [1.82, 2.24) is 9.88 Å². The van der Waals surface area contributed by atoms with Crippen LogP contribution < -0.4 is 9.80 Å². The Morgan fingerprint density at radius 1 is 1.12 bits per heavy atom. The van der Waals surface area contributed by atoms with Gasteiger partial charge in [0.2, 0.25) is 0 Å². The Kier molecular flexibility index (Phi) is 8.01. The molecule has 0 amide bonds. The average Bonchev–Trinajstić information content (AvgIpc) is 3.29. The molecule has 5 nitrogen and oxygen atoms in total. The van der Waals surface area contributed by atoms with Crippen LogP contribution in [0.3, 0.4) is 0 Å². The average molecular weight is 477 g/mol. The summed E-state index contributed by atoms with van der Waals surface area (Å²) in [6.45, 7) is 8.56. The molecule has 34 heavy (non-hydrogen) atoms. The highest BCUT2D eigenvalue weighted by molar-refractivity contribution is 7.18. The standard InChI is InChI=1S/C28H36N4OS/c1-21(2)15-26-20-31(19-23-8-5-7-22(16-23)11-14-33)12-13-32(26)28-29-18-27(34-28)24-9-6-10-25(17-24)30(3)4/h5-10,14,16-18,21,26H,11-13,15,19-20H2,1-4H3/t26-/m1/s1. The number of carbonyl (C=O) groups is 1. The number of benzene rings is 2. The maximum Gasteiger partial charge on any atom is 0.186 e. The lowest BCUT2D eigenvalue weighted by atomic mass is 10.00. The van der Waals surface area contributed by atoms with Crippen LogP contribution in [0.1, 0.15) is 31.4 Å². The van der Waals surface area contributed by atoms with E-state index in [9.17, 15) is 4.79 Å². The van der Waals surface area contributed by atoms with E-state index in [4.69, 9.17) is 4.98 Å². The van der Waals surface area contributed by atoms with Crippen molar-refractivity contribution in [2.45, 2.75) is 39.3 Å². The van der Waals surface area contributed by atoms with Gasteiger partial charge in [-0.05, 0) is 41.2 Å². The molecule has 2 heterocycles. The molecule has 1 saturated heterocycles. The summed E-state index contributed by atoms with van der Waals surface area (Å²) in [5.41, 5.74) is 4.81. The highest BCUT2D eigenvalue weighted by Crippen LogP contribution is 2.35. The highest BCUT2D eigenvalue weighted by Gasteiger charge is 2.29. The lowest BCUT2D eigenvalue weighted by molar-refractivity contribution is -0.107. The third-order valence-corrected chi connectivity index (χ3v) is 7.50. The number of anilines is 2. The van der Waals surface area contributed by atoms with Crippen molar-refractivity contribution in [3.8, 4) is 10.4 Å². The lowest BCUT2D eigenvalue weighted by Crippen LogP contribution is -2.53. The molecule has 0 bridgehead atoms. The molecule has 1 aromatic heterocycles. The number of carbonyl (C=O) groups excluding carboxylic acids is 1. The molecule has 1 aliphatic rings. The first-order valence-corrected chi connectivity index (χ1v) is 13.0. The van der Waals surface area contributed by atoms with Crippen LogP contribution in [0.2, 0.25) is 0 Å². The molecule has 6 heteroatoms. The number of rotatable bonds is 9. The Hall–Kier alpha value is -2.70. The molecule has 0 spiro atoms. The van der Waals surface area contributed by atoms with Crippen LogP contribution in [0.25, 0.3) is 10.4 Å². The first kappa shape index (κ1) is 24.4. The summed E-state index contributed by atoms with van der Waals surface area (Å²) in [5.74, 6) is 0.625. The number of piperazine rings is 1. The van der Waals surface area contributed by atoms with Crippen LogP contribution in [0.15, 0.2) is 54.7 Å². The molecule has 2 aromatic carbocycles. The first-order chi connectivity index (χ1) is 16.4. The zero-order valence-corrected chi connectivity index (χ0v) is 21.6. The summed E-state index contributed by atoms with van der Waals surface area (Å²) in [6.07, 6.45) is 4.65. The van der Waals surface area contributed by atoms with Crippen LogP contribution in [0, 0.1) is 5.92 Å². The van der Waals surface area contributed by atoms with Crippen LogP contribution in [-0.2, 0) is 17.8 Å². The SMILES string of the molecule is CC(C)C[C@@H]1CN(Cc2cccc(CC=O)c2)CCN1c1ncc(-c2cccc(N(C)C)c2)s1. The first-order valence-electron chi connectivity index (χ1n) is 12.2. The van der Waals surface area contributed by atoms with Crippen molar-refractivity contribution < 1.29 is 4.79 Å². The predicted molar refractivity (Wildman–Crippen MR) is 144 cm³/mol. The molecule has 3 aromatic rings. The van der Waals surface area contributed by atoms with E-state index in [2.05, 4.69) is 85.1 Å². The minimum absolute atomic E-state index is 0.444. The summed E-state index contributed by atoms with van der Waals surface area (Å²) >= 11 is 1.80. The summed E-state index contributed by atoms with van der Waals surface area (Å²) < 4.78 is 0. The van der Waals surface area contributed by atoms with Crippen molar-refractivity contribution in [2.24, 2.45) is 5.92 Å². The van der Waals surface area contributed by atoms with Gasteiger partial charge in [0.05, 0.1) is 4.88 Å². The van der Waals surface area contributed by atoms with Gasteiger partial charge >= 0.3 is 0 Å². The summed E-state index contributed by atoms with van der Waals surface area (Å²) in [7, 11) is 4.15. The summed E-state index contributed by atoms with van der Waals surface area (Å²) in [4.78, 5) is 24.2. The van der Waals surface area contributed by atoms with Crippen molar-refractivity contribution in [3.05, 3.63) is 65.9 Å². The number of nitrogens with zero attached hydrogens (tertiary/aromatic N) is 4. The fourth-order valence-electron chi connectivity index (χ4n) is 4.74. The fraction of sp³-hybridized carbons (Fsp3) is 0.429. The number of hydrogen-bond donors (Lipinski definition) is 0. The van der Waals surface area contributed by atoms with Crippen LogP contribution in [0.5, 0.6) is 0 Å². The Labute approximate surface area is 208 Å². The van der Waals surface area contributed by atoms with Gasteiger partial charge in [0.1, 0.15) is 6.29 Å². The van der Waals surface area contributed by atoms with E-state index >= 15 is 0 Å². The van der Waals surface area contributed by atoms with Crippen molar-refractivity contribution in [1.29, 1.82) is 0 Å². The molecule has 0 N–H and O–H groups in total.